The molecule has 3 aliphatic carbocycles. The number of hydrogen-bond donors (Lipinski definition) is 2. The van der Waals surface area contributed by atoms with Gasteiger partial charge in [-0.1, -0.05) is 13.3 Å². The molecule has 0 amide bonds. The Balaban J connectivity index is 1.67. The number of hydrogen-bond acceptors (Lipinski definition) is 3. The van der Waals surface area contributed by atoms with E-state index in [4.69, 9.17) is 0 Å². The summed E-state index contributed by atoms with van der Waals surface area (Å²) in [7, 11) is 0. The van der Waals surface area contributed by atoms with Gasteiger partial charge in [0.25, 0.3) is 0 Å². The fourth-order valence-corrected chi connectivity index (χ4v) is 3.46. The van der Waals surface area contributed by atoms with Crippen LogP contribution in [0.3, 0.4) is 0 Å². The minimum atomic E-state index is -0.680. The summed E-state index contributed by atoms with van der Waals surface area (Å²) in [4.78, 5) is 14.4. The van der Waals surface area contributed by atoms with E-state index >= 15 is 0 Å². The van der Waals surface area contributed by atoms with E-state index in [1.807, 2.05) is 0 Å². The zero-order valence-corrected chi connectivity index (χ0v) is 12.6. The van der Waals surface area contributed by atoms with Crippen LogP contribution in [-0.2, 0) is 4.79 Å². The molecule has 0 aromatic heterocycles. The Labute approximate surface area is 121 Å². The van der Waals surface area contributed by atoms with Gasteiger partial charge in [-0.25, -0.2) is 0 Å². The van der Waals surface area contributed by atoms with Crippen LogP contribution >= 0.6 is 0 Å². The van der Waals surface area contributed by atoms with Crippen LogP contribution < -0.4 is 5.32 Å². The lowest BCUT2D eigenvalue weighted by Crippen LogP contribution is -2.62. The SMILES string of the molecule is CCN(CC1CCC1)CC(NC1CC1)(C(=O)O)C1CC1. The third kappa shape index (κ3) is 3.01. The summed E-state index contributed by atoms with van der Waals surface area (Å²) in [5, 5.41) is 13.4. The number of likely N-dealkylation sites (N-methyl/N-ethyl adjacent to an activating group) is 1. The summed E-state index contributed by atoms with van der Waals surface area (Å²) in [6, 6.07) is 0.453. The van der Waals surface area contributed by atoms with E-state index in [1.165, 1.54) is 19.3 Å². The van der Waals surface area contributed by atoms with E-state index < -0.39 is 11.5 Å². The maximum atomic E-state index is 12.0. The predicted molar refractivity (Wildman–Crippen MR) is 78.7 cm³/mol. The summed E-state index contributed by atoms with van der Waals surface area (Å²) in [5.41, 5.74) is -0.680. The molecule has 4 nitrogen and oxygen atoms in total. The van der Waals surface area contributed by atoms with E-state index in [9.17, 15) is 9.90 Å². The molecular weight excluding hydrogens is 252 g/mol. The number of carboxylic acid groups (broad SMARTS) is 1. The minimum absolute atomic E-state index is 0.344. The van der Waals surface area contributed by atoms with Gasteiger partial charge < -0.3 is 10.0 Å². The van der Waals surface area contributed by atoms with Crippen LogP contribution in [0.1, 0.15) is 51.9 Å². The minimum Gasteiger partial charge on any atom is -0.480 e. The molecule has 0 aromatic rings. The number of carboxylic acids is 1. The molecule has 0 radical (unpaired) electrons. The van der Waals surface area contributed by atoms with Crippen molar-refractivity contribution in [2.75, 3.05) is 19.6 Å². The van der Waals surface area contributed by atoms with Gasteiger partial charge in [-0.15, -0.1) is 0 Å². The van der Waals surface area contributed by atoms with Crippen LogP contribution in [0.15, 0.2) is 0 Å². The maximum absolute atomic E-state index is 12.0. The van der Waals surface area contributed by atoms with Crippen LogP contribution in [0.25, 0.3) is 0 Å². The normalized spacial score (nSPS) is 26.3. The van der Waals surface area contributed by atoms with Crippen molar-refractivity contribution >= 4 is 5.97 Å². The third-order valence-corrected chi connectivity index (χ3v) is 5.36. The van der Waals surface area contributed by atoms with Gasteiger partial charge in [0.05, 0.1) is 0 Å². The molecule has 0 bridgehead atoms. The Morgan fingerprint density at radius 1 is 1.25 bits per heavy atom. The summed E-state index contributed by atoms with van der Waals surface area (Å²) in [5.74, 6) is 0.525. The zero-order valence-electron chi connectivity index (χ0n) is 12.6. The van der Waals surface area contributed by atoms with Crippen molar-refractivity contribution in [1.29, 1.82) is 0 Å². The Kier molecular flexibility index (Phi) is 4.04. The van der Waals surface area contributed by atoms with Crippen LogP contribution in [0.2, 0.25) is 0 Å². The van der Waals surface area contributed by atoms with E-state index in [2.05, 4.69) is 17.1 Å². The van der Waals surface area contributed by atoms with Crippen LogP contribution in [0.4, 0.5) is 0 Å². The maximum Gasteiger partial charge on any atom is 0.325 e. The lowest BCUT2D eigenvalue weighted by molar-refractivity contribution is -0.147. The Morgan fingerprint density at radius 2 is 1.95 bits per heavy atom. The lowest BCUT2D eigenvalue weighted by atomic mass is 9.84. The first kappa shape index (κ1) is 14.3. The first-order valence-electron chi connectivity index (χ1n) is 8.37. The smallest absolute Gasteiger partial charge is 0.325 e. The first-order valence-corrected chi connectivity index (χ1v) is 8.37. The van der Waals surface area contributed by atoms with E-state index in [1.54, 1.807) is 0 Å². The summed E-state index contributed by atoms with van der Waals surface area (Å²) >= 11 is 0. The van der Waals surface area contributed by atoms with Crippen molar-refractivity contribution in [3.63, 3.8) is 0 Å². The van der Waals surface area contributed by atoms with E-state index in [0.29, 0.717) is 18.5 Å². The molecular formula is C16H28N2O2. The number of nitrogens with zero attached hydrogens (tertiary/aromatic N) is 1. The van der Waals surface area contributed by atoms with Crippen molar-refractivity contribution in [3.8, 4) is 0 Å². The molecule has 20 heavy (non-hydrogen) atoms. The molecule has 3 rings (SSSR count). The fourth-order valence-electron chi connectivity index (χ4n) is 3.46. The zero-order chi connectivity index (χ0) is 14.2. The fraction of sp³-hybridized carbons (Fsp3) is 0.938. The third-order valence-electron chi connectivity index (χ3n) is 5.36. The molecule has 3 aliphatic rings. The summed E-state index contributed by atoms with van der Waals surface area (Å²) in [6.07, 6.45) is 8.47. The second-order valence-electron chi connectivity index (χ2n) is 7.09. The highest BCUT2D eigenvalue weighted by Crippen LogP contribution is 2.42. The van der Waals surface area contributed by atoms with Crippen molar-refractivity contribution in [1.82, 2.24) is 10.2 Å². The largest absolute Gasteiger partial charge is 0.480 e. The van der Waals surface area contributed by atoms with Crippen molar-refractivity contribution < 1.29 is 9.90 Å². The van der Waals surface area contributed by atoms with Gasteiger partial charge in [0.15, 0.2) is 0 Å². The second-order valence-corrected chi connectivity index (χ2v) is 7.09. The molecule has 3 fully saturated rings. The molecule has 4 heteroatoms. The Bertz CT molecular complexity index is 361. The van der Waals surface area contributed by atoms with Gasteiger partial charge in [0.1, 0.15) is 5.54 Å². The van der Waals surface area contributed by atoms with Crippen molar-refractivity contribution in [2.24, 2.45) is 11.8 Å². The predicted octanol–water partition coefficient (Wildman–Crippen LogP) is 2.09. The topological polar surface area (TPSA) is 52.6 Å². The molecule has 0 heterocycles. The average Bonchev–Trinajstić information content (AvgIpc) is 3.23. The number of rotatable bonds is 9. The highest BCUT2D eigenvalue weighted by molar-refractivity contribution is 5.80. The van der Waals surface area contributed by atoms with Gasteiger partial charge in [0, 0.05) is 19.1 Å². The molecule has 114 valence electrons. The van der Waals surface area contributed by atoms with Gasteiger partial charge >= 0.3 is 5.97 Å². The molecule has 0 aliphatic heterocycles. The quantitative estimate of drug-likeness (QED) is 0.679. The molecule has 0 saturated heterocycles. The Morgan fingerprint density at radius 3 is 2.35 bits per heavy atom. The molecule has 3 saturated carbocycles. The van der Waals surface area contributed by atoms with Gasteiger partial charge in [-0.3, -0.25) is 10.1 Å². The second kappa shape index (κ2) is 5.64. The van der Waals surface area contributed by atoms with Gasteiger partial charge in [-0.2, -0.15) is 0 Å². The molecule has 1 unspecified atom stereocenters. The standard InChI is InChI=1S/C16H28N2O2/c1-2-18(10-12-4-3-5-12)11-16(15(19)20,13-6-7-13)17-14-8-9-14/h12-14,17H,2-11H2,1H3,(H,19,20). The molecule has 1 atom stereocenters. The first-order chi connectivity index (χ1) is 9.64. The highest BCUT2D eigenvalue weighted by atomic mass is 16.4. The summed E-state index contributed by atoms with van der Waals surface area (Å²) < 4.78 is 0. The number of carbonyl (C=O) groups is 1. The van der Waals surface area contributed by atoms with Crippen molar-refractivity contribution in [3.05, 3.63) is 0 Å². The van der Waals surface area contributed by atoms with E-state index in [-0.39, 0.29) is 0 Å². The Hall–Kier alpha value is -0.610. The van der Waals surface area contributed by atoms with Crippen LogP contribution in [0.5, 0.6) is 0 Å². The molecule has 0 aromatic carbocycles. The summed E-state index contributed by atoms with van der Waals surface area (Å²) in [6.45, 7) is 4.90. The number of aliphatic carboxylic acids is 1. The average molecular weight is 280 g/mol. The molecule has 2 N–H and O–H groups in total. The monoisotopic (exact) mass is 280 g/mol. The van der Waals surface area contributed by atoms with Crippen molar-refractivity contribution in [2.45, 2.75) is 63.5 Å². The van der Waals surface area contributed by atoms with Crippen LogP contribution in [0, 0.1) is 11.8 Å². The number of nitrogens with one attached hydrogen (secondary N) is 1. The van der Waals surface area contributed by atoms with Gasteiger partial charge in [0.2, 0.25) is 0 Å². The van der Waals surface area contributed by atoms with E-state index in [0.717, 1.165) is 44.7 Å². The highest BCUT2D eigenvalue weighted by Gasteiger charge is 2.53. The van der Waals surface area contributed by atoms with Gasteiger partial charge in [-0.05, 0) is 56.9 Å². The molecule has 0 spiro atoms. The lowest BCUT2D eigenvalue weighted by Gasteiger charge is -2.39. The van der Waals surface area contributed by atoms with Crippen LogP contribution in [-0.4, -0.2) is 47.2 Å².